The molecule has 1 aliphatic rings. The number of benzene rings is 4. The van der Waals surface area contributed by atoms with Crippen molar-refractivity contribution in [3.63, 3.8) is 0 Å². The highest BCUT2D eigenvalue weighted by Gasteiger charge is 2.38. The van der Waals surface area contributed by atoms with Crippen LogP contribution in [0.3, 0.4) is 0 Å². The third kappa shape index (κ3) is 4.45. The predicted octanol–water partition coefficient (Wildman–Crippen LogP) is 6.63. The van der Waals surface area contributed by atoms with E-state index in [1.54, 1.807) is 32.4 Å². The van der Waals surface area contributed by atoms with E-state index >= 15 is 0 Å². The minimum atomic E-state index is -0.667. The maximum atomic E-state index is 13.1. The lowest BCUT2D eigenvalue weighted by Gasteiger charge is -2.27. The van der Waals surface area contributed by atoms with Crippen molar-refractivity contribution in [1.82, 2.24) is 5.32 Å². The summed E-state index contributed by atoms with van der Waals surface area (Å²) >= 11 is 0. The number of methoxy groups -OCH3 is 2. The zero-order chi connectivity index (χ0) is 25.1. The number of hydrogen-bond acceptors (Lipinski definition) is 4. The molecule has 0 saturated carbocycles. The number of nitrogens with one attached hydrogen (secondary N) is 1. The van der Waals surface area contributed by atoms with Crippen molar-refractivity contribution in [2.75, 3.05) is 14.2 Å². The molecule has 0 heterocycles. The van der Waals surface area contributed by atoms with Gasteiger partial charge in [0.25, 0.3) is 0 Å². The van der Waals surface area contributed by atoms with Crippen LogP contribution in [0.15, 0.2) is 91.0 Å². The summed E-state index contributed by atoms with van der Waals surface area (Å²) in [6, 6.07) is 28.2. The number of alkyl carbamates (subject to hydrolysis) is 1. The van der Waals surface area contributed by atoms with Crippen LogP contribution in [0.5, 0.6) is 17.2 Å². The van der Waals surface area contributed by atoms with Crippen molar-refractivity contribution >= 4 is 6.09 Å². The van der Waals surface area contributed by atoms with E-state index in [0.29, 0.717) is 11.5 Å². The third-order valence-electron chi connectivity index (χ3n) is 6.53. The molecule has 1 radical (unpaired) electrons. The van der Waals surface area contributed by atoms with Gasteiger partial charge >= 0.3 is 6.09 Å². The first-order valence-corrected chi connectivity index (χ1v) is 11.7. The zero-order valence-corrected chi connectivity index (χ0v) is 20.1. The first-order chi connectivity index (χ1) is 17.6. The van der Waals surface area contributed by atoms with Crippen molar-refractivity contribution in [1.29, 1.82) is 0 Å². The Labute approximate surface area is 210 Å². The Morgan fingerprint density at radius 1 is 0.833 bits per heavy atom. The Kier molecular flexibility index (Phi) is 6.50. The van der Waals surface area contributed by atoms with E-state index in [2.05, 4.69) is 29.6 Å². The van der Waals surface area contributed by atoms with Crippen molar-refractivity contribution in [2.45, 2.75) is 18.6 Å². The number of fused-ring (bicyclic) bond motifs is 3. The molecule has 0 fully saturated rings. The second-order valence-electron chi connectivity index (χ2n) is 8.58. The van der Waals surface area contributed by atoms with Gasteiger partial charge in [-0.05, 0) is 52.1 Å². The monoisotopic (exact) mass is 480 g/mol. The maximum Gasteiger partial charge on any atom is 0.408 e. The number of amides is 1. The molecule has 4 aromatic rings. The highest BCUT2D eigenvalue weighted by atomic mass is 16.6. The Bertz CT molecular complexity index is 1340. The summed E-state index contributed by atoms with van der Waals surface area (Å²) in [6.07, 6.45) is -1.23. The molecular weight excluding hydrogens is 454 g/mol. The quantitative estimate of drug-likeness (QED) is 0.322. The normalized spacial score (nSPS) is 12.8. The Hall–Kier alpha value is -4.45. The Balaban J connectivity index is 1.53. The van der Waals surface area contributed by atoms with Crippen LogP contribution in [-0.4, -0.2) is 20.3 Å². The second-order valence-corrected chi connectivity index (χ2v) is 8.58. The molecule has 1 amide bonds. The van der Waals surface area contributed by atoms with Crippen LogP contribution < -0.4 is 14.8 Å². The standard InChI is InChI=1S/C30H26NO5/c1-34-21-15-16-26(27(17-21)35-2)29(36-30(33)31-18-19-11-13-20(32)14-12-19)28-24-9-5-3-7-22(24)23-8-4-6-10-25(23)28/h3-17,28-29H,18H2,1-2H3,(H,31,33). The van der Waals surface area contributed by atoms with E-state index in [0.717, 1.165) is 33.4 Å². The lowest BCUT2D eigenvalue weighted by molar-refractivity contribution is 0.0868. The molecule has 5 rings (SSSR count). The summed E-state index contributed by atoms with van der Waals surface area (Å²) in [5.74, 6) is 0.907. The van der Waals surface area contributed by atoms with E-state index in [-0.39, 0.29) is 18.2 Å². The average molecular weight is 481 g/mol. The lowest BCUT2D eigenvalue weighted by atomic mass is 9.86. The van der Waals surface area contributed by atoms with Gasteiger partial charge < -0.3 is 19.5 Å². The number of rotatable bonds is 7. The Morgan fingerprint density at radius 3 is 2.08 bits per heavy atom. The van der Waals surface area contributed by atoms with Gasteiger partial charge in [0.1, 0.15) is 17.6 Å². The summed E-state index contributed by atoms with van der Waals surface area (Å²) in [6.45, 7) is 0.240. The predicted molar refractivity (Wildman–Crippen MR) is 136 cm³/mol. The molecule has 181 valence electrons. The van der Waals surface area contributed by atoms with Gasteiger partial charge in [-0.2, -0.15) is 0 Å². The SMILES string of the molecule is COc1ccc(C(OC(=O)NCc2ccc([O])cc2)C2c3ccccc3-c3ccccc32)c(OC)c1. The lowest BCUT2D eigenvalue weighted by Crippen LogP contribution is -2.28. The van der Waals surface area contributed by atoms with E-state index in [1.165, 1.54) is 12.1 Å². The van der Waals surface area contributed by atoms with E-state index < -0.39 is 12.2 Å². The molecule has 0 spiro atoms. The van der Waals surface area contributed by atoms with Crippen LogP contribution in [0, 0.1) is 0 Å². The number of carbonyl (C=O) groups is 1. The van der Waals surface area contributed by atoms with Gasteiger partial charge in [-0.15, -0.1) is 0 Å². The number of carbonyl (C=O) groups excluding carboxylic acids is 1. The van der Waals surface area contributed by atoms with Crippen LogP contribution in [0.1, 0.15) is 34.3 Å². The molecule has 1 atom stereocenters. The van der Waals surface area contributed by atoms with Gasteiger partial charge in [-0.3, -0.25) is 5.11 Å². The van der Waals surface area contributed by atoms with Crippen LogP contribution in [0.4, 0.5) is 4.79 Å². The average Bonchev–Trinajstić information content (AvgIpc) is 3.25. The molecule has 6 heteroatoms. The van der Waals surface area contributed by atoms with Gasteiger partial charge in [-0.25, -0.2) is 4.79 Å². The van der Waals surface area contributed by atoms with Gasteiger partial charge in [0, 0.05) is 18.2 Å². The molecule has 36 heavy (non-hydrogen) atoms. The molecule has 6 nitrogen and oxygen atoms in total. The highest BCUT2D eigenvalue weighted by molar-refractivity contribution is 5.80. The fraction of sp³-hybridized carbons (Fsp3) is 0.167. The minimum Gasteiger partial charge on any atom is -0.497 e. The van der Waals surface area contributed by atoms with Crippen LogP contribution in [0.2, 0.25) is 0 Å². The van der Waals surface area contributed by atoms with Crippen molar-refractivity contribution in [3.8, 4) is 28.4 Å². The molecule has 0 aromatic heterocycles. The van der Waals surface area contributed by atoms with Gasteiger partial charge in [0.05, 0.1) is 20.1 Å². The molecule has 1 N–H and O–H groups in total. The van der Waals surface area contributed by atoms with Crippen molar-refractivity contribution in [3.05, 3.63) is 113 Å². The number of hydrogen-bond donors (Lipinski definition) is 1. The molecule has 0 aliphatic heterocycles. The molecule has 0 bridgehead atoms. The van der Waals surface area contributed by atoms with Crippen LogP contribution in [0.25, 0.3) is 11.1 Å². The minimum absolute atomic E-state index is 0.0773. The summed E-state index contributed by atoms with van der Waals surface area (Å²) in [4.78, 5) is 13.1. The fourth-order valence-corrected chi connectivity index (χ4v) is 4.82. The zero-order valence-electron chi connectivity index (χ0n) is 20.1. The first-order valence-electron chi connectivity index (χ1n) is 11.7. The third-order valence-corrected chi connectivity index (χ3v) is 6.53. The molecule has 1 unspecified atom stereocenters. The topological polar surface area (TPSA) is 76.7 Å². The molecule has 0 saturated heterocycles. The van der Waals surface area contributed by atoms with Crippen molar-refractivity contribution < 1.29 is 24.1 Å². The van der Waals surface area contributed by atoms with Gasteiger partial charge in [-0.1, -0.05) is 60.7 Å². The van der Waals surface area contributed by atoms with Gasteiger partial charge in [0.15, 0.2) is 5.75 Å². The number of ether oxygens (including phenoxy) is 3. The van der Waals surface area contributed by atoms with E-state index in [9.17, 15) is 9.90 Å². The van der Waals surface area contributed by atoms with Gasteiger partial charge in [0.2, 0.25) is 0 Å². The van der Waals surface area contributed by atoms with Crippen LogP contribution >= 0.6 is 0 Å². The molecule has 1 aliphatic carbocycles. The molecular formula is C30H26NO5. The fourth-order valence-electron chi connectivity index (χ4n) is 4.82. The summed E-state index contributed by atoms with van der Waals surface area (Å²) in [5, 5.41) is 14.2. The summed E-state index contributed by atoms with van der Waals surface area (Å²) < 4.78 is 17.3. The van der Waals surface area contributed by atoms with E-state index in [4.69, 9.17) is 14.2 Å². The summed E-state index contributed by atoms with van der Waals surface area (Å²) in [7, 11) is 3.18. The smallest absolute Gasteiger partial charge is 0.408 e. The largest absolute Gasteiger partial charge is 0.497 e. The Morgan fingerprint density at radius 2 is 1.47 bits per heavy atom. The van der Waals surface area contributed by atoms with E-state index in [1.807, 2.05) is 36.4 Å². The summed E-state index contributed by atoms with van der Waals surface area (Å²) in [5.41, 5.74) is 5.96. The van der Waals surface area contributed by atoms with Crippen molar-refractivity contribution in [2.24, 2.45) is 0 Å². The highest BCUT2D eigenvalue weighted by Crippen LogP contribution is 2.52. The molecule has 4 aromatic carbocycles. The maximum absolute atomic E-state index is 13.1. The second kappa shape index (κ2) is 10.0. The van der Waals surface area contributed by atoms with Crippen LogP contribution in [-0.2, 0) is 16.4 Å². The first kappa shape index (κ1) is 23.3.